The fourth-order valence-corrected chi connectivity index (χ4v) is 1.29. The monoisotopic (exact) mass is 177 g/mol. The molecule has 0 spiro atoms. The van der Waals surface area contributed by atoms with Crippen LogP contribution in [0.25, 0.3) is 0 Å². The molecule has 0 saturated heterocycles. The van der Waals surface area contributed by atoms with Gasteiger partial charge in [-0.1, -0.05) is 19.9 Å². The van der Waals surface area contributed by atoms with E-state index in [1.165, 1.54) is 11.1 Å². The molecule has 0 fully saturated rings. The van der Waals surface area contributed by atoms with Gasteiger partial charge in [0.05, 0.1) is 7.11 Å². The van der Waals surface area contributed by atoms with Crippen molar-refractivity contribution < 1.29 is 4.74 Å². The molecule has 71 valence electrons. The number of hydrogen-bond donors (Lipinski definition) is 0. The first-order chi connectivity index (χ1) is 6.17. The van der Waals surface area contributed by atoms with E-state index in [9.17, 15) is 0 Å². The zero-order chi connectivity index (χ0) is 9.84. The largest absolute Gasteiger partial charge is 0.497 e. The van der Waals surface area contributed by atoms with Crippen LogP contribution in [0.1, 0.15) is 30.9 Å². The summed E-state index contributed by atoms with van der Waals surface area (Å²) in [5, 5.41) is 0. The second-order valence-corrected chi connectivity index (χ2v) is 3.37. The van der Waals surface area contributed by atoms with Crippen molar-refractivity contribution in [2.45, 2.75) is 26.2 Å². The molecule has 0 bridgehead atoms. The van der Waals surface area contributed by atoms with Crippen molar-refractivity contribution in [3.05, 3.63) is 36.2 Å². The summed E-state index contributed by atoms with van der Waals surface area (Å²) in [6.07, 6.45) is 1.04. The van der Waals surface area contributed by atoms with Crippen molar-refractivity contribution in [2.75, 3.05) is 7.11 Å². The molecule has 0 saturated carbocycles. The molecule has 0 aromatic heterocycles. The molecule has 1 atom stereocenters. The molecule has 1 aromatic carbocycles. The predicted octanol–water partition coefficient (Wildman–Crippen LogP) is 3.20. The first kappa shape index (κ1) is 10.1. The Morgan fingerprint density at radius 1 is 1.38 bits per heavy atom. The quantitative estimate of drug-likeness (QED) is 0.689. The highest BCUT2D eigenvalue weighted by Crippen LogP contribution is 2.22. The maximum absolute atomic E-state index is 5.22. The lowest BCUT2D eigenvalue weighted by Gasteiger charge is -2.10. The molecular formula is C12H17O. The first-order valence-electron chi connectivity index (χ1n) is 4.68. The van der Waals surface area contributed by atoms with E-state index in [2.05, 4.69) is 39.0 Å². The van der Waals surface area contributed by atoms with Crippen LogP contribution >= 0.6 is 0 Å². The van der Waals surface area contributed by atoms with Crippen LogP contribution in [-0.4, -0.2) is 7.11 Å². The molecule has 0 aliphatic heterocycles. The summed E-state index contributed by atoms with van der Waals surface area (Å²) in [7, 11) is 1.70. The zero-order valence-corrected chi connectivity index (χ0v) is 8.63. The summed E-state index contributed by atoms with van der Waals surface area (Å²) in [5.74, 6) is 1.25. The van der Waals surface area contributed by atoms with Gasteiger partial charge in [0.1, 0.15) is 5.75 Å². The van der Waals surface area contributed by atoms with Crippen LogP contribution in [0.3, 0.4) is 0 Å². The number of benzene rings is 1. The number of aryl methyl sites for hydroxylation is 1. The van der Waals surface area contributed by atoms with Crippen molar-refractivity contribution in [1.82, 2.24) is 0 Å². The minimum atomic E-state index is 0.320. The smallest absolute Gasteiger partial charge is 0.119 e. The number of rotatable bonds is 3. The number of ether oxygens (including phenoxy) is 1. The third-order valence-electron chi connectivity index (χ3n) is 2.20. The van der Waals surface area contributed by atoms with Crippen LogP contribution < -0.4 is 4.74 Å². The molecule has 1 rings (SSSR count). The van der Waals surface area contributed by atoms with Gasteiger partial charge in [0.2, 0.25) is 0 Å². The van der Waals surface area contributed by atoms with Gasteiger partial charge in [-0.3, -0.25) is 0 Å². The van der Waals surface area contributed by atoms with Crippen LogP contribution in [0, 0.1) is 6.92 Å². The summed E-state index contributed by atoms with van der Waals surface area (Å²) in [6, 6.07) is 6.32. The van der Waals surface area contributed by atoms with Gasteiger partial charge in [0.15, 0.2) is 0 Å². The van der Waals surface area contributed by atoms with Crippen molar-refractivity contribution in [3.8, 4) is 5.75 Å². The molecule has 1 aromatic rings. The first-order valence-corrected chi connectivity index (χ1v) is 4.68. The minimum Gasteiger partial charge on any atom is -0.497 e. The predicted molar refractivity (Wildman–Crippen MR) is 56.1 cm³/mol. The molecule has 1 unspecified atom stereocenters. The molecule has 13 heavy (non-hydrogen) atoms. The number of hydrogen-bond acceptors (Lipinski definition) is 1. The van der Waals surface area contributed by atoms with Crippen molar-refractivity contribution in [2.24, 2.45) is 0 Å². The normalized spacial score (nSPS) is 10.5. The second kappa shape index (κ2) is 4.31. The fraction of sp³-hybridized carbons (Fsp3) is 0.417. The highest BCUT2D eigenvalue weighted by Gasteiger charge is 2.03. The van der Waals surface area contributed by atoms with E-state index in [1.54, 1.807) is 7.11 Å². The molecule has 1 radical (unpaired) electrons. The molecule has 0 N–H and O–H groups in total. The summed E-state index contributed by atoms with van der Waals surface area (Å²) in [4.78, 5) is 0. The Balaban J connectivity index is 3.07. The Kier molecular flexibility index (Phi) is 3.35. The molecule has 0 aliphatic rings. The molecule has 0 heterocycles. The highest BCUT2D eigenvalue weighted by molar-refractivity contribution is 5.36. The SMILES string of the molecule is [CH2]C(C)c1cc(CC)cc(OC)c1. The maximum Gasteiger partial charge on any atom is 0.119 e. The minimum absolute atomic E-state index is 0.320. The third-order valence-corrected chi connectivity index (χ3v) is 2.20. The number of methoxy groups -OCH3 is 1. The van der Waals surface area contributed by atoms with Gasteiger partial charge in [0, 0.05) is 0 Å². The Labute approximate surface area is 80.7 Å². The Hall–Kier alpha value is -0.980. The molecule has 0 amide bonds. The van der Waals surface area contributed by atoms with E-state index in [0.717, 1.165) is 12.2 Å². The topological polar surface area (TPSA) is 9.23 Å². The summed E-state index contributed by atoms with van der Waals surface area (Å²) in [6.45, 7) is 8.24. The second-order valence-electron chi connectivity index (χ2n) is 3.37. The lowest BCUT2D eigenvalue weighted by Crippen LogP contribution is -1.93. The lowest BCUT2D eigenvalue weighted by molar-refractivity contribution is 0.413. The van der Waals surface area contributed by atoms with Crippen molar-refractivity contribution >= 4 is 0 Å². The van der Waals surface area contributed by atoms with E-state index in [-0.39, 0.29) is 0 Å². The lowest BCUT2D eigenvalue weighted by atomic mass is 9.99. The van der Waals surface area contributed by atoms with Gasteiger partial charge in [-0.25, -0.2) is 0 Å². The Bertz CT molecular complexity index is 254. The standard InChI is InChI=1S/C12H17O/c1-5-10-6-11(9(2)3)8-12(7-10)13-4/h6-9H,2,5H2,1,3-4H3. The summed E-state index contributed by atoms with van der Waals surface area (Å²) < 4.78 is 5.22. The van der Waals surface area contributed by atoms with Gasteiger partial charge in [-0.15, -0.1) is 0 Å². The van der Waals surface area contributed by atoms with Gasteiger partial charge in [0.25, 0.3) is 0 Å². The molecular weight excluding hydrogens is 160 g/mol. The molecule has 1 heteroatoms. The van der Waals surface area contributed by atoms with Crippen molar-refractivity contribution in [3.63, 3.8) is 0 Å². The van der Waals surface area contributed by atoms with Gasteiger partial charge >= 0.3 is 0 Å². The van der Waals surface area contributed by atoms with Crippen LogP contribution in [0.15, 0.2) is 18.2 Å². The zero-order valence-electron chi connectivity index (χ0n) is 8.63. The average molecular weight is 177 g/mol. The van der Waals surface area contributed by atoms with Crippen LogP contribution in [0.2, 0.25) is 0 Å². The molecule has 1 nitrogen and oxygen atoms in total. The van der Waals surface area contributed by atoms with Gasteiger partial charge in [-0.05, 0) is 42.5 Å². The van der Waals surface area contributed by atoms with Gasteiger partial charge in [-0.2, -0.15) is 0 Å². The van der Waals surface area contributed by atoms with E-state index in [1.807, 2.05) is 0 Å². The summed E-state index contributed by atoms with van der Waals surface area (Å²) in [5.41, 5.74) is 2.56. The Morgan fingerprint density at radius 2 is 2.08 bits per heavy atom. The third kappa shape index (κ3) is 2.48. The van der Waals surface area contributed by atoms with Crippen LogP contribution in [-0.2, 0) is 6.42 Å². The molecule has 0 aliphatic carbocycles. The van der Waals surface area contributed by atoms with E-state index >= 15 is 0 Å². The van der Waals surface area contributed by atoms with Crippen molar-refractivity contribution in [1.29, 1.82) is 0 Å². The van der Waals surface area contributed by atoms with Crippen LogP contribution in [0.5, 0.6) is 5.75 Å². The Morgan fingerprint density at radius 3 is 2.54 bits per heavy atom. The van der Waals surface area contributed by atoms with E-state index in [4.69, 9.17) is 4.74 Å². The summed E-state index contributed by atoms with van der Waals surface area (Å²) >= 11 is 0. The fourth-order valence-electron chi connectivity index (χ4n) is 1.29. The van der Waals surface area contributed by atoms with E-state index < -0.39 is 0 Å². The van der Waals surface area contributed by atoms with Crippen LogP contribution in [0.4, 0.5) is 0 Å². The highest BCUT2D eigenvalue weighted by atomic mass is 16.5. The van der Waals surface area contributed by atoms with E-state index in [0.29, 0.717) is 5.92 Å². The average Bonchev–Trinajstić information content (AvgIpc) is 2.16. The van der Waals surface area contributed by atoms with Gasteiger partial charge < -0.3 is 4.74 Å². The maximum atomic E-state index is 5.22.